The first kappa shape index (κ1) is 14.6. The zero-order valence-electron chi connectivity index (χ0n) is 10.5. The zero-order valence-corrected chi connectivity index (χ0v) is 11.3. The summed E-state index contributed by atoms with van der Waals surface area (Å²) in [7, 11) is 1.58. The van der Waals surface area contributed by atoms with Crippen LogP contribution in [0, 0.1) is 0 Å². The average Bonchev–Trinajstić information content (AvgIpc) is 2.37. The highest BCUT2D eigenvalue weighted by atomic mass is 35.5. The van der Waals surface area contributed by atoms with Crippen LogP contribution in [0.15, 0.2) is 30.9 Å². The Morgan fingerprint density at radius 3 is 2.94 bits per heavy atom. The lowest BCUT2D eigenvalue weighted by Gasteiger charge is -2.06. The van der Waals surface area contributed by atoms with Crippen LogP contribution in [-0.2, 0) is 11.2 Å². The lowest BCUT2D eigenvalue weighted by atomic mass is 10.1. The van der Waals surface area contributed by atoms with Crippen LogP contribution in [0.3, 0.4) is 0 Å². The van der Waals surface area contributed by atoms with Gasteiger partial charge in [0.25, 0.3) is 0 Å². The molecule has 98 valence electrons. The summed E-state index contributed by atoms with van der Waals surface area (Å²) in [5.74, 6) is 0.694. The van der Waals surface area contributed by atoms with E-state index in [4.69, 9.17) is 16.3 Å². The van der Waals surface area contributed by atoms with Crippen LogP contribution >= 0.6 is 11.6 Å². The summed E-state index contributed by atoms with van der Waals surface area (Å²) in [5, 5.41) is 3.39. The number of carbonyl (C=O) groups is 1. The van der Waals surface area contributed by atoms with Gasteiger partial charge < -0.3 is 10.1 Å². The molecule has 0 aliphatic rings. The normalized spacial score (nSPS) is 9.89. The van der Waals surface area contributed by atoms with Gasteiger partial charge in [0, 0.05) is 13.0 Å². The molecule has 4 heteroatoms. The molecule has 1 aromatic rings. The second-order valence-electron chi connectivity index (χ2n) is 3.90. The summed E-state index contributed by atoms with van der Waals surface area (Å²) < 4.78 is 5.07. The highest BCUT2D eigenvalue weighted by molar-refractivity contribution is 6.32. The maximum atomic E-state index is 11.5. The fraction of sp³-hybridized carbons (Fsp3) is 0.357. The molecular weight excluding hydrogens is 250 g/mol. The number of nitrogens with one attached hydrogen (secondary N) is 1. The summed E-state index contributed by atoms with van der Waals surface area (Å²) in [6, 6.07) is 5.56. The van der Waals surface area contributed by atoms with Gasteiger partial charge in [0.1, 0.15) is 5.75 Å². The summed E-state index contributed by atoms with van der Waals surface area (Å²) in [6.07, 6.45) is 3.70. The van der Waals surface area contributed by atoms with Gasteiger partial charge in [-0.3, -0.25) is 4.79 Å². The van der Waals surface area contributed by atoms with Gasteiger partial charge in [0.15, 0.2) is 0 Å². The molecule has 3 nitrogen and oxygen atoms in total. The van der Waals surface area contributed by atoms with E-state index in [1.54, 1.807) is 13.2 Å². The molecule has 0 bridgehead atoms. The van der Waals surface area contributed by atoms with Crippen LogP contribution in [0.5, 0.6) is 5.75 Å². The molecule has 1 aromatic carbocycles. The summed E-state index contributed by atoms with van der Waals surface area (Å²) >= 11 is 6.01. The molecule has 0 aliphatic heterocycles. The molecule has 0 saturated heterocycles. The van der Waals surface area contributed by atoms with E-state index in [1.165, 1.54) is 0 Å². The monoisotopic (exact) mass is 267 g/mol. The fourth-order valence-corrected chi connectivity index (χ4v) is 1.81. The molecule has 0 heterocycles. The minimum absolute atomic E-state index is 0.0452. The molecule has 0 spiro atoms. The summed E-state index contributed by atoms with van der Waals surface area (Å²) in [5.41, 5.74) is 1.03. The molecule has 0 saturated carbocycles. The van der Waals surface area contributed by atoms with Gasteiger partial charge in [-0.15, -0.1) is 6.58 Å². The van der Waals surface area contributed by atoms with Crippen molar-refractivity contribution in [1.82, 2.24) is 5.32 Å². The highest BCUT2D eigenvalue weighted by Crippen LogP contribution is 2.25. The van der Waals surface area contributed by atoms with Crippen molar-refractivity contribution in [3.8, 4) is 5.75 Å². The number of amides is 1. The van der Waals surface area contributed by atoms with Gasteiger partial charge in [0.2, 0.25) is 5.91 Å². The van der Waals surface area contributed by atoms with E-state index < -0.39 is 0 Å². The van der Waals surface area contributed by atoms with E-state index in [2.05, 4.69) is 11.9 Å². The Balaban J connectivity index is 2.41. The second kappa shape index (κ2) is 7.77. The minimum Gasteiger partial charge on any atom is -0.495 e. The molecule has 0 fully saturated rings. The predicted octanol–water partition coefficient (Wildman–Crippen LogP) is 2.97. The summed E-state index contributed by atoms with van der Waals surface area (Å²) in [4.78, 5) is 11.5. The molecule has 1 amide bonds. The number of ether oxygens (including phenoxy) is 1. The molecular formula is C14H18ClNO2. The smallest absolute Gasteiger partial charge is 0.220 e. The van der Waals surface area contributed by atoms with Crippen LogP contribution < -0.4 is 10.1 Å². The first-order valence-electron chi connectivity index (χ1n) is 5.87. The molecule has 0 radical (unpaired) electrons. The third-order valence-corrected chi connectivity index (χ3v) is 2.82. The van der Waals surface area contributed by atoms with Crippen LogP contribution in [0.4, 0.5) is 0 Å². The number of rotatable bonds is 7. The van der Waals surface area contributed by atoms with Gasteiger partial charge in [-0.1, -0.05) is 23.7 Å². The summed E-state index contributed by atoms with van der Waals surface area (Å²) in [6.45, 7) is 4.24. The van der Waals surface area contributed by atoms with E-state index in [-0.39, 0.29) is 5.91 Å². The van der Waals surface area contributed by atoms with Gasteiger partial charge in [-0.05, 0) is 30.5 Å². The van der Waals surface area contributed by atoms with Crippen molar-refractivity contribution in [3.63, 3.8) is 0 Å². The Morgan fingerprint density at radius 2 is 2.33 bits per heavy atom. The topological polar surface area (TPSA) is 38.3 Å². The first-order valence-corrected chi connectivity index (χ1v) is 6.25. The van der Waals surface area contributed by atoms with E-state index in [0.717, 1.165) is 12.0 Å². The number of halogens is 1. The van der Waals surface area contributed by atoms with E-state index in [9.17, 15) is 4.79 Å². The average molecular weight is 268 g/mol. The molecule has 1 N–H and O–H groups in total. The molecule has 0 unspecified atom stereocenters. The van der Waals surface area contributed by atoms with E-state index >= 15 is 0 Å². The zero-order chi connectivity index (χ0) is 13.4. The standard InChI is InChI=1S/C14H18ClNO2/c1-3-4-9-16-14(17)8-6-11-5-7-13(18-2)12(15)10-11/h3,5,7,10H,1,4,6,8-9H2,2H3,(H,16,17). The van der Waals surface area contributed by atoms with Crippen molar-refractivity contribution in [2.24, 2.45) is 0 Å². The maximum absolute atomic E-state index is 11.5. The van der Waals surface area contributed by atoms with Crippen molar-refractivity contribution in [2.75, 3.05) is 13.7 Å². The van der Waals surface area contributed by atoms with Crippen molar-refractivity contribution in [3.05, 3.63) is 41.4 Å². The fourth-order valence-electron chi connectivity index (χ4n) is 1.53. The Hall–Kier alpha value is -1.48. The van der Waals surface area contributed by atoms with Gasteiger partial charge in [-0.25, -0.2) is 0 Å². The Bertz CT molecular complexity index is 418. The quantitative estimate of drug-likeness (QED) is 0.609. The van der Waals surface area contributed by atoms with Gasteiger partial charge >= 0.3 is 0 Å². The van der Waals surface area contributed by atoms with Crippen molar-refractivity contribution in [1.29, 1.82) is 0 Å². The third-order valence-electron chi connectivity index (χ3n) is 2.53. The third kappa shape index (κ3) is 4.80. The lowest BCUT2D eigenvalue weighted by molar-refractivity contribution is -0.121. The second-order valence-corrected chi connectivity index (χ2v) is 4.30. The molecule has 18 heavy (non-hydrogen) atoms. The first-order chi connectivity index (χ1) is 8.67. The van der Waals surface area contributed by atoms with Gasteiger partial charge in [0.05, 0.1) is 12.1 Å². The lowest BCUT2D eigenvalue weighted by Crippen LogP contribution is -2.24. The van der Waals surface area contributed by atoms with E-state index in [1.807, 2.05) is 18.2 Å². The Kier molecular flexibility index (Phi) is 6.29. The number of aryl methyl sites for hydroxylation is 1. The van der Waals surface area contributed by atoms with Crippen molar-refractivity contribution in [2.45, 2.75) is 19.3 Å². The SMILES string of the molecule is C=CCCNC(=O)CCc1ccc(OC)c(Cl)c1. The van der Waals surface area contributed by atoms with Crippen molar-refractivity contribution < 1.29 is 9.53 Å². The molecule has 1 rings (SSSR count). The number of carbonyl (C=O) groups excluding carboxylic acids is 1. The van der Waals surface area contributed by atoms with Crippen LogP contribution in [0.2, 0.25) is 5.02 Å². The highest BCUT2D eigenvalue weighted by Gasteiger charge is 2.04. The molecule has 0 atom stereocenters. The number of methoxy groups -OCH3 is 1. The minimum atomic E-state index is 0.0452. The number of hydrogen-bond acceptors (Lipinski definition) is 2. The Morgan fingerprint density at radius 1 is 1.56 bits per heavy atom. The molecule has 0 aromatic heterocycles. The predicted molar refractivity (Wildman–Crippen MR) is 74.1 cm³/mol. The largest absolute Gasteiger partial charge is 0.495 e. The van der Waals surface area contributed by atoms with Crippen LogP contribution in [-0.4, -0.2) is 19.6 Å². The van der Waals surface area contributed by atoms with E-state index in [0.29, 0.717) is 30.2 Å². The van der Waals surface area contributed by atoms with Crippen molar-refractivity contribution >= 4 is 17.5 Å². The van der Waals surface area contributed by atoms with Crippen LogP contribution in [0.1, 0.15) is 18.4 Å². The molecule has 0 aliphatic carbocycles. The number of hydrogen-bond donors (Lipinski definition) is 1. The van der Waals surface area contributed by atoms with Gasteiger partial charge in [-0.2, -0.15) is 0 Å². The van der Waals surface area contributed by atoms with Crippen LogP contribution in [0.25, 0.3) is 0 Å². The maximum Gasteiger partial charge on any atom is 0.220 e. The Labute approximate surface area is 113 Å². The number of benzene rings is 1.